The minimum absolute atomic E-state index is 0.208. The number of carboxylic acid groups (broad SMARTS) is 1. The molecule has 0 unspecified atom stereocenters. The molecular formula is C12H10N2O3. The summed E-state index contributed by atoms with van der Waals surface area (Å²) in [5.41, 5.74) is -0.00160. The Bertz CT molecular complexity index is 617. The van der Waals surface area contributed by atoms with E-state index >= 15 is 0 Å². The molecule has 2 N–H and O–H groups in total. The monoisotopic (exact) mass is 230 g/mol. The van der Waals surface area contributed by atoms with Gasteiger partial charge < -0.3 is 10.1 Å². The molecule has 5 nitrogen and oxygen atoms in total. The van der Waals surface area contributed by atoms with Gasteiger partial charge in [0.1, 0.15) is 11.4 Å². The van der Waals surface area contributed by atoms with Gasteiger partial charge in [-0.2, -0.15) is 0 Å². The zero-order valence-corrected chi connectivity index (χ0v) is 9.10. The van der Waals surface area contributed by atoms with E-state index < -0.39 is 11.5 Å². The first kappa shape index (κ1) is 11.1. The smallest absolute Gasteiger partial charge is 0.343 e. The summed E-state index contributed by atoms with van der Waals surface area (Å²) in [4.78, 5) is 29.0. The van der Waals surface area contributed by atoms with Crippen LogP contribution in [-0.4, -0.2) is 21.0 Å². The lowest BCUT2D eigenvalue weighted by Gasteiger charge is -2.04. The third-order valence-electron chi connectivity index (χ3n) is 2.36. The fraction of sp³-hybridized carbons (Fsp3) is 0.0833. The first-order chi connectivity index (χ1) is 8.09. The number of aromatic nitrogens is 2. The molecule has 86 valence electrons. The molecule has 2 aromatic rings. The summed E-state index contributed by atoms with van der Waals surface area (Å²) in [6.45, 7) is 1.51. The number of H-pyrrole nitrogens is 1. The van der Waals surface area contributed by atoms with Gasteiger partial charge in [0.05, 0.1) is 5.69 Å². The number of hydrogen-bond acceptors (Lipinski definition) is 3. The summed E-state index contributed by atoms with van der Waals surface area (Å²) in [7, 11) is 0. The number of aromatic amines is 1. The van der Waals surface area contributed by atoms with E-state index in [1.54, 1.807) is 12.1 Å². The highest BCUT2D eigenvalue weighted by Gasteiger charge is 2.15. The highest BCUT2D eigenvalue weighted by atomic mass is 16.4. The van der Waals surface area contributed by atoms with E-state index in [9.17, 15) is 9.59 Å². The average molecular weight is 230 g/mol. The summed E-state index contributed by atoms with van der Waals surface area (Å²) in [6.07, 6.45) is 0. The van der Waals surface area contributed by atoms with Crippen LogP contribution in [0.2, 0.25) is 0 Å². The summed E-state index contributed by atoms with van der Waals surface area (Å²) < 4.78 is 0. The molecule has 0 aliphatic heterocycles. The molecule has 0 atom stereocenters. The number of rotatable bonds is 2. The SMILES string of the molecule is Cc1nc(-c2ccccc2)[nH]c(=O)c1C(=O)O. The van der Waals surface area contributed by atoms with Gasteiger partial charge in [-0.3, -0.25) is 4.79 Å². The Balaban J connectivity index is 2.62. The van der Waals surface area contributed by atoms with Gasteiger partial charge in [0.15, 0.2) is 0 Å². The minimum atomic E-state index is -1.27. The zero-order chi connectivity index (χ0) is 12.4. The van der Waals surface area contributed by atoms with Crippen LogP contribution in [0.5, 0.6) is 0 Å². The number of benzene rings is 1. The number of aromatic carboxylic acids is 1. The van der Waals surface area contributed by atoms with Crippen molar-refractivity contribution in [1.29, 1.82) is 0 Å². The number of nitrogens with one attached hydrogen (secondary N) is 1. The molecule has 0 saturated heterocycles. The molecule has 5 heteroatoms. The standard InChI is InChI=1S/C12H10N2O3/c1-7-9(12(16)17)11(15)14-10(13-7)8-5-3-2-4-6-8/h2-6H,1H3,(H,16,17)(H,13,14,15). The molecule has 0 saturated carbocycles. The van der Waals surface area contributed by atoms with E-state index in [1.807, 2.05) is 18.2 Å². The molecule has 0 amide bonds. The lowest BCUT2D eigenvalue weighted by Crippen LogP contribution is -2.21. The van der Waals surface area contributed by atoms with Gasteiger partial charge in [-0.25, -0.2) is 9.78 Å². The van der Waals surface area contributed by atoms with Gasteiger partial charge in [-0.05, 0) is 6.92 Å². The number of aryl methyl sites for hydroxylation is 1. The van der Waals surface area contributed by atoms with E-state index in [-0.39, 0.29) is 11.3 Å². The number of carbonyl (C=O) groups is 1. The third kappa shape index (κ3) is 2.08. The molecular weight excluding hydrogens is 220 g/mol. The van der Waals surface area contributed by atoms with Gasteiger partial charge in [0, 0.05) is 5.56 Å². The van der Waals surface area contributed by atoms with Crippen LogP contribution >= 0.6 is 0 Å². The summed E-state index contributed by atoms with van der Waals surface area (Å²) in [5.74, 6) is -0.894. The maximum absolute atomic E-state index is 11.6. The molecule has 1 aromatic heterocycles. The lowest BCUT2D eigenvalue weighted by atomic mass is 10.2. The van der Waals surface area contributed by atoms with E-state index in [2.05, 4.69) is 9.97 Å². The predicted octanol–water partition coefficient (Wildman–Crippen LogP) is 1.44. The molecule has 0 fully saturated rings. The van der Waals surface area contributed by atoms with Crippen LogP contribution in [-0.2, 0) is 0 Å². The highest BCUT2D eigenvalue weighted by Crippen LogP contribution is 2.13. The van der Waals surface area contributed by atoms with Crippen molar-refractivity contribution in [3.8, 4) is 11.4 Å². The van der Waals surface area contributed by atoms with Crippen LogP contribution in [0.4, 0.5) is 0 Å². The average Bonchev–Trinajstić information content (AvgIpc) is 2.28. The van der Waals surface area contributed by atoms with Crippen LogP contribution in [0.25, 0.3) is 11.4 Å². The molecule has 0 radical (unpaired) electrons. The van der Waals surface area contributed by atoms with Gasteiger partial charge in [-0.1, -0.05) is 30.3 Å². The van der Waals surface area contributed by atoms with Crippen LogP contribution < -0.4 is 5.56 Å². The quantitative estimate of drug-likeness (QED) is 0.817. The first-order valence-corrected chi connectivity index (χ1v) is 4.99. The highest BCUT2D eigenvalue weighted by molar-refractivity contribution is 5.88. The second-order valence-electron chi connectivity index (χ2n) is 3.55. The number of nitrogens with zero attached hydrogens (tertiary/aromatic N) is 1. The van der Waals surface area contributed by atoms with Crippen LogP contribution in [0.3, 0.4) is 0 Å². The fourth-order valence-electron chi connectivity index (χ4n) is 1.57. The zero-order valence-electron chi connectivity index (χ0n) is 9.10. The van der Waals surface area contributed by atoms with Crippen molar-refractivity contribution in [3.05, 3.63) is 51.9 Å². The van der Waals surface area contributed by atoms with Gasteiger partial charge in [0.2, 0.25) is 0 Å². The van der Waals surface area contributed by atoms with E-state index in [0.717, 1.165) is 5.56 Å². The second-order valence-corrected chi connectivity index (χ2v) is 3.55. The van der Waals surface area contributed by atoms with Crippen LogP contribution in [0, 0.1) is 6.92 Å². The van der Waals surface area contributed by atoms with E-state index in [4.69, 9.17) is 5.11 Å². The van der Waals surface area contributed by atoms with Crippen molar-refractivity contribution in [2.45, 2.75) is 6.92 Å². The molecule has 17 heavy (non-hydrogen) atoms. The number of carboxylic acids is 1. The van der Waals surface area contributed by atoms with Gasteiger partial charge >= 0.3 is 5.97 Å². The second kappa shape index (κ2) is 4.21. The molecule has 0 aliphatic rings. The van der Waals surface area contributed by atoms with E-state index in [0.29, 0.717) is 5.82 Å². The Hall–Kier alpha value is -2.43. The van der Waals surface area contributed by atoms with Crippen LogP contribution in [0.15, 0.2) is 35.1 Å². The molecule has 0 bridgehead atoms. The van der Waals surface area contributed by atoms with Crippen molar-refractivity contribution >= 4 is 5.97 Å². The van der Waals surface area contributed by atoms with Gasteiger partial charge in [-0.15, -0.1) is 0 Å². The third-order valence-corrected chi connectivity index (χ3v) is 2.36. The maximum atomic E-state index is 11.6. The van der Waals surface area contributed by atoms with E-state index in [1.165, 1.54) is 6.92 Å². The Morgan fingerprint density at radius 2 is 1.94 bits per heavy atom. The summed E-state index contributed by atoms with van der Waals surface area (Å²) in [6, 6.07) is 9.06. The Labute approximate surface area is 96.8 Å². The molecule has 0 spiro atoms. The van der Waals surface area contributed by atoms with Crippen molar-refractivity contribution < 1.29 is 9.90 Å². The van der Waals surface area contributed by atoms with Crippen molar-refractivity contribution in [2.24, 2.45) is 0 Å². The Morgan fingerprint density at radius 1 is 1.29 bits per heavy atom. The van der Waals surface area contributed by atoms with Crippen molar-refractivity contribution in [3.63, 3.8) is 0 Å². The first-order valence-electron chi connectivity index (χ1n) is 4.99. The minimum Gasteiger partial charge on any atom is -0.477 e. The molecule has 1 heterocycles. The van der Waals surface area contributed by atoms with Crippen molar-refractivity contribution in [2.75, 3.05) is 0 Å². The largest absolute Gasteiger partial charge is 0.477 e. The van der Waals surface area contributed by atoms with Gasteiger partial charge in [0.25, 0.3) is 5.56 Å². The molecule has 1 aromatic carbocycles. The molecule has 2 rings (SSSR count). The normalized spacial score (nSPS) is 10.2. The topological polar surface area (TPSA) is 83.0 Å². The predicted molar refractivity (Wildman–Crippen MR) is 62.0 cm³/mol. The van der Waals surface area contributed by atoms with Crippen molar-refractivity contribution in [1.82, 2.24) is 9.97 Å². The molecule has 0 aliphatic carbocycles. The Kier molecular flexibility index (Phi) is 2.74. The summed E-state index contributed by atoms with van der Waals surface area (Å²) >= 11 is 0. The number of hydrogen-bond donors (Lipinski definition) is 2. The maximum Gasteiger partial charge on any atom is 0.343 e. The Morgan fingerprint density at radius 3 is 2.47 bits per heavy atom. The lowest BCUT2D eigenvalue weighted by molar-refractivity contribution is 0.0693. The fourth-order valence-corrected chi connectivity index (χ4v) is 1.57. The van der Waals surface area contributed by atoms with Crippen LogP contribution in [0.1, 0.15) is 16.1 Å². The summed E-state index contributed by atoms with van der Waals surface area (Å²) in [5, 5.41) is 8.85.